The Morgan fingerprint density at radius 3 is 2.27 bits per heavy atom. The highest BCUT2D eigenvalue weighted by molar-refractivity contribution is 8.00. The molecule has 0 aliphatic rings. The molecule has 2 rings (SSSR count). The normalized spacial score (nSPS) is 11.6. The number of carbonyl (C=O) groups is 1. The first-order chi connectivity index (χ1) is 12.2. The molecule has 2 aromatic rings. The van der Waals surface area contributed by atoms with E-state index in [0.29, 0.717) is 5.69 Å². The van der Waals surface area contributed by atoms with Gasteiger partial charge in [-0.15, -0.1) is 11.8 Å². The van der Waals surface area contributed by atoms with Gasteiger partial charge in [0.2, 0.25) is 15.9 Å². The topological polar surface area (TPSA) is 75.3 Å². The van der Waals surface area contributed by atoms with Crippen LogP contribution in [0.4, 0.5) is 5.69 Å². The molecule has 0 aromatic heterocycles. The number of hydrogen-bond acceptors (Lipinski definition) is 4. The van der Waals surface area contributed by atoms with E-state index in [2.05, 4.69) is 23.0 Å². The third-order valence-corrected chi connectivity index (χ3v) is 6.36. The number of anilines is 1. The van der Waals surface area contributed by atoms with Crippen molar-refractivity contribution in [2.75, 3.05) is 11.1 Å². The zero-order valence-electron chi connectivity index (χ0n) is 15.4. The van der Waals surface area contributed by atoms with Gasteiger partial charge in [-0.1, -0.05) is 6.07 Å². The van der Waals surface area contributed by atoms with E-state index in [9.17, 15) is 13.2 Å². The number of hydrogen-bond donors (Lipinski definition) is 2. The number of amides is 1. The highest BCUT2D eigenvalue weighted by atomic mass is 32.2. The number of aryl methyl sites for hydroxylation is 2. The summed E-state index contributed by atoms with van der Waals surface area (Å²) in [4.78, 5) is 13.3. The maximum absolute atomic E-state index is 12.1. The minimum atomic E-state index is -3.53. The number of carbonyl (C=O) groups excluding carboxylic acids is 1. The van der Waals surface area contributed by atoms with Gasteiger partial charge in [0.15, 0.2) is 0 Å². The van der Waals surface area contributed by atoms with E-state index >= 15 is 0 Å². The van der Waals surface area contributed by atoms with Gasteiger partial charge in [0.25, 0.3) is 0 Å². The number of thioether (sulfide) groups is 1. The second-order valence-electron chi connectivity index (χ2n) is 6.38. The zero-order valence-corrected chi connectivity index (χ0v) is 17.0. The van der Waals surface area contributed by atoms with Crippen LogP contribution in [0.25, 0.3) is 0 Å². The van der Waals surface area contributed by atoms with Crippen LogP contribution in [-0.2, 0) is 14.8 Å². The Morgan fingerprint density at radius 1 is 1.04 bits per heavy atom. The van der Waals surface area contributed by atoms with Crippen molar-refractivity contribution in [1.82, 2.24) is 4.72 Å². The van der Waals surface area contributed by atoms with E-state index in [4.69, 9.17) is 0 Å². The summed E-state index contributed by atoms with van der Waals surface area (Å²) in [6.07, 6.45) is 0. The van der Waals surface area contributed by atoms with Crippen molar-refractivity contribution in [3.05, 3.63) is 53.6 Å². The number of nitrogens with one attached hydrogen (secondary N) is 2. The molecule has 0 radical (unpaired) electrons. The quantitative estimate of drug-likeness (QED) is 0.704. The summed E-state index contributed by atoms with van der Waals surface area (Å²) in [6.45, 7) is 7.62. The largest absolute Gasteiger partial charge is 0.325 e. The summed E-state index contributed by atoms with van der Waals surface area (Å²) < 4.78 is 26.7. The van der Waals surface area contributed by atoms with Gasteiger partial charge in [0.05, 0.1) is 10.6 Å². The lowest BCUT2D eigenvalue weighted by Crippen LogP contribution is -2.30. The van der Waals surface area contributed by atoms with Crippen LogP contribution in [0.2, 0.25) is 0 Å². The first kappa shape index (κ1) is 20.5. The highest BCUT2D eigenvalue weighted by Crippen LogP contribution is 2.21. The smallest absolute Gasteiger partial charge is 0.240 e. The van der Waals surface area contributed by atoms with Crippen LogP contribution in [0.15, 0.2) is 52.3 Å². The molecule has 2 aromatic carbocycles. The molecule has 26 heavy (non-hydrogen) atoms. The summed E-state index contributed by atoms with van der Waals surface area (Å²) in [7, 11) is -3.53. The molecule has 0 saturated carbocycles. The molecule has 0 bridgehead atoms. The molecule has 7 heteroatoms. The van der Waals surface area contributed by atoms with E-state index in [1.54, 1.807) is 26.0 Å². The Morgan fingerprint density at radius 2 is 1.69 bits per heavy atom. The van der Waals surface area contributed by atoms with Crippen LogP contribution < -0.4 is 10.0 Å². The van der Waals surface area contributed by atoms with E-state index in [1.165, 1.54) is 35.0 Å². The Kier molecular flexibility index (Phi) is 6.86. The predicted molar refractivity (Wildman–Crippen MR) is 107 cm³/mol. The summed E-state index contributed by atoms with van der Waals surface area (Å²) in [6, 6.07) is 12.1. The van der Waals surface area contributed by atoms with Gasteiger partial charge >= 0.3 is 0 Å². The molecule has 0 fully saturated rings. The van der Waals surface area contributed by atoms with Crippen LogP contribution in [-0.4, -0.2) is 26.1 Å². The van der Waals surface area contributed by atoms with E-state index in [1.807, 2.05) is 19.1 Å². The van der Waals surface area contributed by atoms with Crippen LogP contribution in [0.1, 0.15) is 25.0 Å². The van der Waals surface area contributed by atoms with Gasteiger partial charge in [-0.2, -0.15) is 0 Å². The fourth-order valence-electron chi connectivity index (χ4n) is 2.25. The van der Waals surface area contributed by atoms with Gasteiger partial charge < -0.3 is 5.32 Å². The number of sulfonamides is 1. The molecule has 1 amide bonds. The second-order valence-corrected chi connectivity index (χ2v) is 9.15. The standard InChI is InChI=1S/C19H24N2O3S2/c1-13(2)21-26(23,24)18-9-6-16(7-10-18)20-19(22)12-25-17-8-5-14(3)15(4)11-17/h5-11,13,21H,12H2,1-4H3,(H,20,22). The Balaban J connectivity index is 1.94. The van der Waals surface area contributed by atoms with Crippen molar-refractivity contribution in [2.24, 2.45) is 0 Å². The highest BCUT2D eigenvalue weighted by Gasteiger charge is 2.15. The summed E-state index contributed by atoms with van der Waals surface area (Å²) in [5.74, 6) is 0.154. The maximum Gasteiger partial charge on any atom is 0.240 e. The maximum atomic E-state index is 12.1. The minimum Gasteiger partial charge on any atom is -0.325 e. The van der Waals surface area contributed by atoms with Crippen molar-refractivity contribution in [2.45, 2.75) is 43.5 Å². The fourth-order valence-corrected chi connectivity index (χ4v) is 4.29. The average molecular weight is 393 g/mol. The summed E-state index contributed by atoms with van der Waals surface area (Å²) in [5, 5.41) is 2.78. The first-order valence-electron chi connectivity index (χ1n) is 8.29. The second kappa shape index (κ2) is 8.70. The molecular formula is C19H24N2O3S2. The monoisotopic (exact) mass is 392 g/mol. The predicted octanol–water partition coefficient (Wildman–Crippen LogP) is 3.72. The molecule has 0 spiro atoms. The first-order valence-corrected chi connectivity index (χ1v) is 10.8. The Hall–Kier alpha value is -1.83. The molecule has 0 aliphatic heterocycles. The lowest BCUT2D eigenvalue weighted by atomic mass is 10.1. The Bertz CT molecular complexity index is 876. The fraction of sp³-hybridized carbons (Fsp3) is 0.316. The third kappa shape index (κ3) is 5.86. The molecule has 0 unspecified atom stereocenters. The lowest BCUT2D eigenvalue weighted by Gasteiger charge is -2.10. The van der Waals surface area contributed by atoms with Crippen molar-refractivity contribution in [1.29, 1.82) is 0 Å². The number of benzene rings is 2. The molecule has 140 valence electrons. The van der Waals surface area contributed by atoms with Crippen LogP contribution in [0.5, 0.6) is 0 Å². The molecule has 2 N–H and O–H groups in total. The van der Waals surface area contributed by atoms with Crippen LogP contribution in [0, 0.1) is 13.8 Å². The van der Waals surface area contributed by atoms with Crippen molar-refractivity contribution >= 4 is 33.4 Å². The van der Waals surface area contributed by atoms with Crippen LogP contribution >= 0.6 is 11.8 Å². The van der Waals surface area contributed by atoms with Gasteiger partial charge in [-0.3, -0.25) is 4.79 Å². The molecule has 0 atom stereocenters. The van der Waals surface area contributed by atoms with E-state index in [-0.39, 0.29) is 22.6 Å². The minimum absolute atomic E-state index is 0.135. The van der Waals surface area contributed by atoms with Crippen molar-refractivity contribution in [3.8, 4) is 0 Å². The zero-order chi connectivity index (χ0) is 19.3. The molecule has 0 saturated heterocycles. The van der Waals surface area contributed by atoms with Gasteiger partial charge in [0.1, 0.15) is 0 Å². The SMILES string of the molecule is Cc1ccc(SCC(=O)Nc2ccc(S(=O)(=O)NC(C)C)cc2)cc1C. The molecule has 5 nitrogen and oxygen atoms in total. The summed E-state index contributed by atoms with van der Waals surface area (Å²) >= 11 is 1.47. The Labute approximate surface area is 159 Å². The lowest BCUT2D eigenvalue weighted by molar-refractivity contribution is -0.113. The number of rotatable bonds is 7. The molecular weight excluding hydrogens is 368 g/mol. The average Bonchev–Trinajstić information content (AvgIpc) is 2.55. The van der Waals surface area contributed by atoms with Gasteiger partial charge in [-0.25, -0.2) is 13.1 Å². The van der Waals surface area contributed by atoms with Crippen LogP contribution in [0.3, 0.4) is 0 Å². The van der Waals surface area contributed by atoms with Gasteiger partial charge in [-0.05, 0) is 75.2 Å². The van der Waals surface area contributed by atoms with Crippen molar-refractivity contribution < 1.29 is 13.2 Å². The van der Waals surface area contributed by atoms with Crippen molar-refractivity contribution in [3.63, 3.8) is 0 Å². The van der Waals surface area contributed by atoms with E-state index in [0.717, 1.165) is 4.90 Å². The van der Waals surface area contributed by atoms with E-state index < -0.39 is 10.0 Å². The molecule has 0 aliphatic carbocycles. The van der Waals surface area contributed by atoms with Gasteiger partial charge in [0, 0.05) is 16.6 Å². The summed E-state index contributed by atoms with van der Waals surface area (Å²) in [5.41, 5.74) is 2.99. The third-order valence-electron chi connectivity index (χ3n) is 3.69. The molecule has 0 heterocycles.